The minimum absolute atomic E-state index is 0.414. The molecule has 2 aliphatic heterocycles. The number of nitrogens with one attached hydrogen (secondary N) is 1. The highest BCUT2D eigenvalue weighted by atomic mass is 16.7. The lowest BCUT2D eigenvalue weighted by Crippen LogP contribution is -2.62. The van der Waals surface area contributed by atoms with Gasteiger partial charge in [0.25, 0.3) is 0 Å². The van der Waals surface area contributed by atoms with Gasteiger partial charge in [-0.3, -0.25) is 0 Å². The average molecular weight is 485 g/mol. The molecule has 0 spiro atoms. The molecule has 2 aromatic rings. The Bertz CT molecular complexity index is 952. The standard InChI is InChI=1S/C22H31NO11/c1-2-9-6-23-10-4-3-5-11(14(9)10)32-22-20(30)18(28)16(26)13(34-22)8-31-21-19(29)17(27)15(25)12(7-24)33-21/h3-6,12-13,15-30H,2,7-8H2,1H3/t12-,13-,15-,16-,17+,18+,19-,20-,21-,22-/m1/s1. The quantitative estimate of drug-likeness (QED) is 0.211. The van der Waals surface area contributed by atoms with Crippen LogP contribution in [0.25, 0.3) is 10.9 Å². The minimum Gasteiger partial charge on any atom is -0.461 e. The van der Waals surface area contributed by atoms with Gasteiger partial charge in [0.15, 0.2) is 6.29 Å². The van der Waals surface area contributed by atoms with Crippen LogP contribution < -0.4 is 4.74 Å². The molecule has 1 aromatic carbocycles. The van der Waals surface area contributed by atoms with Gasteiger partial charge in [-0.05, 0) is 24.1 Å². The third kappa shape index (κ3) is 4.66. The van der Waals surface area contributed by atoms with Crippen molar-refractivity contribution in [2.75, 3.05) is 13.2 Å². The SMILES string of the molecule is CCc1c[nH]c2cccc(O[C@@H]3O[C@H](CO[C@@H]4O[C@H](CO)[C@@H](O)[C@H](O)[C@H]4O)[C@@H](O)[C@H](O)[C@H]3O)c12. The average Bonchev–Trinajstić information content (AvgIpc) is 3.27. The fourth-order valence-electron chi connectivity index (χ4n) is 4.27. The number of aromatic nitrogens is 1. The summed E-state index contributed by atoms with van der Waals surface area (Å²) in [5, 5.41) is 71.2. The van der Waals surface area contributed by atoms with E-state index in [0.29, 0.717) is 5.75 Å². The first kappa shape index (κ1) is 25.3. The summed E-state index contributed by atoms with van der Waals surface area (Å²) in [7, 11) is 0. The summed E-state index contributed by atoms with van der Waals surface area (Å²) < 4.78 is 22.3. The van der Waals surface area contributed by atoms with Crippen molar-refractivity contribution in [2.24, 2.45) is 0 Å². The Morgan fingerprint density at radius 3 is 2.18 bits per heavy atom. The molecule has 12 heteroatoms. The van der Waals surface area contributed by atoms with E-state index in [1.54, 1.807) is 12.1 Å². The van der Waals surface area contributed by atoms with E-state index >= 15 is 0 Å². The summed E-state index contributed by atoms with van der Waals surface area (Å²) in [6.07, 6.45) is -12.2. The third-order valence-electron chi connectivity index (χ3n) is 6.31. The van der Waals surface area contributed by atoms with Crippen molar-refractivity contribution >= 4 is 10.9 Å². The number of hydrogen-bond donors (Lipinski definition) is 8. The summed E-state index contributed by atoms with van der Waals surface area (Å²) in [6.45, 7) is 0.929. The molecule has 2 saturated heterocycles. The second-order valence-corrected chi connectivity index (χ2v) is 8.51. The number of ether oxygens (including phenoxy) is 4. The molecule has 0 unspecified atom stereocenters. The lowest BCUT2D eigenvalue weighted by atomic mass is 9.98. The van der Waals surface area contributed by atoms with Gasteiger partial charge in [0.2, 0.25) is 6.29 Å². The predicted octanol–water partition coefficient (Wildman–Crippen LogP) is -2.27. The number of aliphatic hydroxyl groups excluding tert-OH is 7. The van der Waals surface area contributed by atoms with Crippen LogP contribution in [0.1, 0.15) is 12.5 Å². The van der Waals surface area contributed by atoms with E-state index in [2.05, 4.69) is 4.98 Å². The van der Waals surface area contributed by atoms with Crippen LogP contribution in [0.2, 0.25) is 0 Å². The molecular formula is C22H31NO11. The Balaban J connectivity index is 1.47. The highest BCUT2D eigenvalue weighted by Gasteiger charge is 2.48. The minimum atomic E-state index is -1.64. The molecule has 0 amide bonds. The summed E-state index contributed by atoms with van der Waals surface area (Å²) >= 11 is 0. The van der Waals surface area contributed by atoms with Gasteiger partial charge in [-0.2, -0.15) is 0 Å². The first-order valence-electron chi connectivity index (χ1n) is 11.1. The first-order valence-corrected chi connectivity index (χ1v) is 11.1. The van der Waals surface area contributed by atoms with Crippen LogP contribution in [0.3, 0.4) is 0 Å². The van der Waals surface area contributed by atoms with Crippen molar-refractivity contribution in [2.45, 2.75) is 74.8 Å². The van der Waals surface area contributed by atoms with E-state index < -0.39 is 74.6 Å². The van der Waals surface area contributed by atoms with Gasteiger partial charge in [-0.1, -0.05) is 13.0 Å². The van der Waals surface area contributed by atoms with E-state index in [0.717, 1.165) is 22.9 Å². The third-order valence-corrected chi connectivity index (χ3v) is 6.31. The van der Waals surface area contributed by atoms with Crippen molar-refractivity contribution in [1.82, 2.24) is 4.98 Å². The highest BCUT2D eigenvalue weighted by molar-refractivity contribution is 5.89. The van der Waals surface area contributed by atoms with Crippen molar-refractivity contribution in [3.05, 3.63) is 30.0 Å². The Kier molecular flexibility index (Phi) is 7.74. The Morgan fingerprint density at radius 1 is 0.853 bits per heavy atom. The van der Waals surface area contributed by atoms with Crippen molar-refractivity contribution in [3.8, 4) is 5.75 Å². The second-order valence-electron chi connectivity index (χ2n) is 8.51. The predicted molar refractivity (Wildman–Crippen MR) is 115 cm³/mol. The number of H-pyrrole nitrogens is 1. The van der Waals surface area contributed by atoms with Gasteiger partial charge < -0.3 is 59.7 Å². The van der Waals surface area contributed by atoms with E-state index in [1.807, 2.05) is 19.2 Å². The van der Waals surface area contributed by atoms with Crippen molar-refractivity contribution in [1.29, 1.82) is 0 Å². The number of hydrogen-bond acceptors (Lipinski definition) is 11. The Labute approximate surface area is 194 Å². The topological polar surface area (TPSA) is 194 Å². The molecular weight excluding hydrogens is 454 g/mol. The molecule has 8 N–H and O–H groups in total. The molecule has 0 saturated carbocycles. The molecule has 4 rings (SSSR count). The molecule has 10 atom stereocenters. The zero-order chi connectivity index (χ0) is 24.6. The van der Waals surface area contributed by atoms with E-state index in [4.69, 9.17) is 18.9 Å². The summed E-state index contributed by atoms with van der Waals surface area (Å²) in [6, 6.07) is 5.32. The van der Waals surface area contributed by atoms with Crippen LogP contribution in [0, 0.1) is 0 Å². The molecule has 0 bridgehead atoms. The van der Waals surface area contributed by atoms with Crippen LogP contribution >= 0.6 is 0 Å². The maximum absolute atomic E-state index is 10.5. The van der Waals surface area contributed by atoms with Crippen molar-refractivity contribution in [3.63, 3.8) is 0 Å². The van der Waals surface area contributed by atoms with Gasteiger partial charge in [0.05, 0.1) is 13.2 Å². The number of aliphatic hydroxyl groups is 7. The zero-order valence-electron chi connectivity index (χ0n) is 18.5. The van der Waals surface area contributed by atoms with Crippen LogP contribution in [0.5, 0.6) is 5.75 Å². The van der Waals surface area contributed by atoms with E-state index in [-0.39, 0.29) is 0 Å². The monoisotopic (exact) mass is 485 g/mol. The molecule has 34 heavy (non-hydrogen) atoms. The van der Waals surface area contributed by atoms with Gasteiger partial charge in [0.1, 0.15) is 54.6 Å². The number of aromatic amines is 1. The number of fused-ring (bicyclic) bond motifs is 1. The lowest BCUT2D eigenvalue weighted by Gasteiger charge is -2.42. The number of aryl methyl sites for hydroxylation is 1. The molecule has 12 nitrogen and oxygen atoms in total. The summed E-state index contributed by atoms with van der Waals surface area (Å²) in [4.78, 5) is 3.14. The largest absolute Gasteiger partial charge is 0.461 e. The normalized spacial score (nSPS) is 38.8. The van der Waals surface area contributed by atoms with Gasteiger partial charge in [-0.25, -0.2) is 0 Å². The fraction of sp³-hybridized carbons (Fsp3) is 0.636. The van der Waals surface area contributed by atoms with Gasteiger partial charge in [-0.15, -0.1) is 0 Å². The lowest BCUT2D eigenvalue weighted by molar-refractivity contribution is -0.323. The highest BCUT2D eigenvalue weighted by Crippen LogP contribution is 2.32. The van der Waals surface area contributed by atoms with Gasteiger partial charge in [0, 0.05) is 17.1 Å². The fourth-order valence-corrected chi connectivity index (χ4v) is 4.27. The maximum Gasteiger partial charge on any atom is 0.229 e. The zero-order valence-corrected chi connectivity index (χ0v) is 18.5. The van der Waals surface area contributed by atoms with Crippen LogP contribution in [-0.2, 0) is 20.6 Å². The summed E-state index contributed by atoms with van der Waals surface area (Å²) in [5.74, 6) is 0.414. The molecule has 0 radical (unpaired) electrons. The molecule has 1 aromatic heterocycles. The van der Waals surface area contributed by atoms with Crippen LogP contribution in [0.15, 0.2) is 24.4 Å². The van der Waals surface area contributed by atoms with E-state index in [9.17, 15) is 35.7 Å². The number of benzene rings is 1. The molecule has 3 heterocycles. The maximum atomic E-state index is 10.5. The molecule has 190 valence electrons. The first-order chi connectivity index (χ1) is 16.3. The Morgan fingerprint density at radius 2 is 1.50 bits per heavy atom. The summed E-state index contributed by atoms with van der Waals surface area (Å²) in [5.41, 5.74) is 1.81. The molecule has 0 aliphatic carbocycles. The van der Waals surface area contributed by atoms with Gasteiger partial charge >= 0.3 is 0 Å². The Hall–Kier alpha value is -1.84. The molecule has 2 aliphatic rings. The van der Waals surface area contributed by atoms with Crippen molar-refractivity contribution < 1.29 is 54.7 Å². The number of rotatable bonds is 7. The van der Waals surface area contributed by atoms with Crippen LogP contribution in [0.4, 0.5) is 0 Å². The van der Waals surface area contributed by atoms with Crippen LogP contribution in [-0.4, -0.2) is 115 Å². The smallest absolute Gasteiger partial charge is 0.229 e. The molecule has 2 fully saturated rings. The second kappa shape index (κ2) is 10.4. The van der Waals surface area contributed by atoms with E-state index in [1.165, 1.54) is 0 Å².